The minimum Gasteiger partial charge on any atom is -0.478 e. The third-order valence-corrected chi connectivity index (χ3v) is 3.41. The van der Waals surface area contributed by atoms with E-state index in [-0.39, 0.29) is 17.4 Å². The highest BCUT2D eigenvalue weighted by Gasteiger charge is 2.10. The summed E-state index contributed by atoms with van der Waals surface area (Å²) in [6.45, 7) is 4.06. The Kier molecular flexibility index (Phi) is 5.44. The Morgan fingerprint density at radius 2 is 2.24 bits per heavy atom. The molecule has 0 amide bonds. The summed E-state index contributed by atoms with van der Waals surface area (Å²) in [5.74, 6) is -0.932. The van der Waals surface area contributed by atoms with Crippen LogP contribution in [0.15, 0.2) is 17.2 Å². The van der Waals surface area contributed by atoms with Crippen LogP contribution in [-0.4, -0.2) is 33.0 Å². The van der Waals surface area contributed by atoms with Crippen molar-refractivity contribution in [2.45, 2.75) is 37.0 Å². The van der Waals surface area contributed by atoms with Gasteiger partial charge in [-0.15, -0.1) is 11.8 Å². The third-order valence-electron chi connectivity index (χ3n) is 2.32. The molecule has 0 saturated carbocycles. The lowest BCUT2D eigenvalue weighted by molar-refractivity contribution is 0.0696. The summed E-state index contributed by atoms with van der Waals surface area (Å²) in [5, 5.41) is 18.8. The average molecular weight is 255 g/mol. The molecule has 5 heteroatoms. The quantitative estimate of drug-likeness (QED) is 0.763. The second-order valence-electron chi connectivity index (χ2n) is 3.78. The first-order chi connectivity index (χ1) is 8.06. The standard InChI is InChI=1S/C12H17NO3S/c1-3-10-6-9(12(15)16)7-11(13-10)17-8(2)4-5-14/h6-8,14H,3-5H2,1-2H3,(H,15,16). The topological polar surface area (TPSA) is 70.4 Å². The second-order valence-corrected chi connectivity index (χ2v) is 5.24. The van der Waals surface area contributed by atoms with Gasteiger partial charge in [-0.25, -0.2) is 9.78 Å². The Morgan fingerprint density at radius 1 is 1.53 bits per heavy atom. The van der Waals surface area contributed by atoms with Gasteiger partial charge in [0.05, 0.1) is 10.6 Å². The third kappa shape index (κ3) is 4.36. The number of carboxylic acid groups (broad SMARTS) is 1. The number of thioether (sulfide) groups is 1. The van der Waals surface area contributed by atoms with Crippen LogP contribution in [0.1, 0.15) is 36.3 Å². The summed E-state index contributed by atoms with van der Waals surface area (Å²) in [4.78, 5) is 15.3. The van der Waals surface area contributed by atoms with Crippen LogP contribution < -0.4 is 0 Å². The Balaban J connectivity index is 2.90. The largest absolute Gasteiger partial charge is 0.478 e. The molecule has 1 aromatic rings. The zero-order valence-corrected chi connectivity index (χ0v) is 10.8. The van der Waals surface area contributed by atoms with Gasteiger partial charge in [-0.2, -0.15) is 0 Å². The molecule has 0 aliphatic rings. The van der Waals surface area contributed by atoms with Crippen molar-refractivity contribution < 1.29 is 15.0 Å². The van der Waals surface area contributed by atoms with Crippen LogP contribution in [-0.2, 0) is 6.42 Å². The number of hydrogen-bond acceptors (Lipinski definition) is 4. The SMILES string of the molecule is CCc1cc(C(=O)O)cc(SC(C)CCO)n1. The van der Waals surface area contributed by atoms with Gasteiger partial charge in [0.2, 0.25) is 0 Å². The van der Waals surface area contributed by atoms with E-state index in [0.29, 0.717) is 17.9 Å². The fourth-order valence-corrected chi connectivity index (χ4v) is 2.37. The average Bonchev–Trinajstić information content (AvgIpc) is 2.28. The molecule has 0 spiro atoms. The summed E-state index contributed by atoms with van der Waals surface area (Å²) >= 11 is 1.49. The van der Waals surface area contributed by atoms with Crippen LogP contribution in [0.25, 0.3) is 0 Å². The molecule has 1 aromatic heterocycles. The van der Waals surface area contributed by atoms with Gasteiger partial charge in [-0.05, 0) is 25.0 Å². The van der Waals surface area contributed by atoms with Crippen LogP contribution in [0.2, 0.25) is 0 Å². The van der Waals surface area contributed by atoms with E-state index in [1.54, 1.807) is 12.1 Å². The van der Waals surface area contributed by atoms with E-state index in [1.807, 2.05) is 13.8 Å². The molecule has 1 rings (SSSR count). The van der Waals surface area contributed by atoms with Gasteiger partial charge in [-0.3, -0.25) is 0 Å². The van der Waals surface area contributed by atoms with Crippen LogP contribution in [0.5, 0.6) is 0 Å². The van der Waals surface area contributed by atoms with Crippen molar-refractivity contribution in [2.24, 2.45) is 0 Å². The molecular weight excluding hydrogens is 238 g/mol. The fourth-order valence-electron chi connectivity index (χ4n) is 1.37. The maximum atomic E-state index is 11.0. The Bertz CT molecular complexity index is 395. The lowest BCUT2D eigenvalue weighted by Crippen LogP contribution is -2.04. The van der Waals surface area contributed by atoms with Gasteiger partial charge in [-0.1, -0.05) is 13.8 Å². The lowest BCUT2D eigenvalue weighted by atomic mass is 10.2. The van der Waals surface area contributed by atoms with E-state index in [2.05, 4.69) is 4.98 Å². The number of aliphatic hydroxyl groups excluding tert-OH is 1. The van der Waals surface area contributed by atoms with E-state index in [0.717, 1.165) is 5.69 Å². The van der Waals surface area contributed by atoms with Crippen molar-refractivity contribution in [1.82, 2.24) is 4.98 Å². The van der Waals surface area contributed by atoms with Gasteiger partial charge in [0.1, 0.15) is 0 Å². The van der Waals surface area contributed by atoms with E-state index >= 15 is 0 Å². The number of rotatable bonds is 6. The number of aryl methyl sites for hydroxylation is 1. The monoisotopic (exact) mass is 255 g/mol. The smallest absolute Gasteiger partial charge is 0.335 e. The lowest BCUT2D eigenvalue weighted by Gasteiger charge is -2.10. The predicted octanol–water partition coefficient (Wildman–Crippen LogP) is 2.21. The number of aromatic nitrogens is 1. The van der Waals surface area contributed by atoms with Gasteiger partial charge >= 0.3 is 5.97 Å². The Morgan fingerprint density at radius 3 is 2.76 bits per heavy atom. The molecule has 1 heterocycles. The molecule has 1 atom stereocenters. The highest BCUT2D eigenvalue weighted by atomic mass is 32.2. The Hall–Kier alpha value is -1.07. The normalized spacial score (nSPS) is 12.4. The van der Waals surface area contributed by atoms with E-state index in [9.17, 15) is 4.79 Å². The molecule has 0 aliphatic carbocycles. The molecule has 0 aliphatic heterocycles. The second kappa shape index (κ2) is 6.61. The fraction of sp³-hybridized carbons (Fsp3) is 0.500. The summed E-state index contributed by atoms with van der Waals surface area (Å²) in [6, 6.07) is 3.18. The zero-order chi connectivity index (χ0) is 12.8. The van der Waals surface area contributed by atoms with E-state index in [1.165, 1.54) is 11.8 Å². The molecule has 0 saturated heterocycles. The van der Waals surface area contributed by atoms with Gasteiger partial charge in [0, 0.05) is 17.6 Å². The van der Waals surface area contributed by atoms with Gasteiger partial charge < -0.3 is 10.2 Å². The van der Waals surface area contributed by atoms with E-state index < -0.39 is 5.97 Å². The van der Waals surface area contributed by atoms with Crippen LogP contribution >= 0.6 is 11.8 Å². The number of aliphatic hydroxyl groups is 1. The molecule has 0 radical (unpaired) electrons. The summed E-state index contributed by atoms with van der Waals surface area (Å²) in [7, 11) is 0. The molecule has 0 bridgehead atoms. The van der Waals surface area contributed by atoms with Crippen molar-refractivity contribution in [3.8, 4) is 0 Å². The van der Waals surface area contributed by atoms with Crippen molar-refractivity contribution in [1.29, 1.82) is 0 Å². The molecule has 2 N–H and O–H groups in total. The molecule has 0 aromatic carbocycles. The van der Waals surface area contributed by atoms with Crippen molar-refractivity contribution in [3.05, 3.63) is 23.4 Å². The highest BCUT2D eigenvalue weighted by molar-refractivity contribution is 7.99. The minimum atomic E-state index is -0.932. The zero-order valence-electron chi connectivity index (χ0n) is 10.0. The minimum absolute atomic E-state index is 0.132. The summed E-state index contributed by atoms with van der Waals surface area (Å²) in [6.07, 6.45) is 1.38. The van der Waals surface area contributed by atoms with Gasteiger partial charge in [0.25, 0.3) is 0 Å². The van der Waals surface area contributed by atoms with Crippen LogP contribution in [0.3, 0.4) is 0 Å². The number of hydrogen-bond donors (Lipinski definition) is 2. The van der Waals surface area contributed by atoms with Crippen LogP contribution in [0.4, 0.5) is 0 Å². The highest BCUT2D eigenvalue weighted by Crippen LogP contribution is 2.24. The van der Waals surface area contributed by atoms with Crippen molar-refractivity contribution >= 4 is 17.7 Å². The number of carboxylic acids is 1. The first-order valence-electron chi connectivity index (χ1n) is 5.58. The molecular formula is C12H17NO3S. The number of pyridine rings is 1. The predicted molar refractivity (Wildman–Crippen MR) is 67.6 cm³/mol. The van der Waals surface area contributed by atoms with Crippen molar-refractivity contribution in [3.63, 3.8) is 0 Å². The number of aromatic carboxylic acids is 1. The first kappa shape index (κ1) is 14.0. The van der Waals surface area contributed by atoms with Crippen molar-refractivity contribution in [2.75, 3.05) is 6.61 Å². The summed E-state index contributed by atoms with van der Waals surface area (Å²) < 4.78 is 0. The Labute approximate surface area is 105 Å². The molecule has 94 valence electrons. The first-order valence-corrected chi connectivity index (χ1v) is 6.46. The molecule has 0 fully saturated rings. The maximum absolute atomic E-state index is 11.0. The molecule has 1 unspecified atom stereocenters. The van der Waals surface area contributed by atoms with Crippen LogP contribution in [0, 0.1) is 0 Å². The number of carbonyl (C=O) groups is 1. The maximum Gasteiger partial charge on any atom is 0.335 e. The van der Waals surface area contributed by atoms with E-state index in [4.69, 9.17) is 10.2 Å². The molecule has 4 nitrogen and oxygen atoms in total. The molecule has 17 heavy (non-hydrogen) atoms. The van der Waals surface area contributed by atoms with Gasteiger partial charge in [0.15, 0.2) is 0 Å². The summed E-state index contributed by atoms with van der Waals surface area (Å²) in [5.41, 5.74) is 1.05. The number of nitrogens with zero attached hydrogens (tertiary/aromatic N) is 1.